The summed E-state index contributed by atoms with van der Waals surface area (Å²) in [6, 6.07) is 17.8. The molecule has 1 heterocycles. The smallest absolute Gasteiger partial charge is 0.119 e. The van der Waals surface area contributed by atoms with Crippen molar-refractivity contribution < 1.29 is 4.74 Å². The number of benzene rings is 2. The monoisotopic (exact) mass is 291 g/mol. The molecule has 0 unspecified atom stereocenters. The van der Waals surface area contributed by atoms with Gasteiger partial charge in [0.1, 0.15) is 5.75 Å². The summed E-state index contributed by atoms with van der Waals surface area (Å²) in [6.45, 7) is 0. The molecule has 0 radical (unpaired) electrons. The van der Waals surface area contributed by atoms with Crippen LogP contribution in [0.1, 0.15) is 31.7 Å². The molecule has 0 amide bonds. The Balaban J connectivity index is 1.94. The molecule has 3 aromatic rings. The molecule has 4 rings (SSSR count). The molecule has 112 valence electrons. The van der Waals surface area contributed by atoms with Crippen LogP contribution in [-0.4, -0.2) is 11.7 Å². The van der Waals surface area contributed by atoms with Gasteiger partial charge >= 0.3 is 0 Å². The lowest BCUT2D eigenvalue weighted by Gasteiger charge is -2.13. The van der Waals surface area contributed by atoms with Gasteiger partial charge in [0, 0.05) is 28.7 Å². The molecule has 1 saturated carbocycles. The van der Waals surface area contributed by atoms with Crippen LogP contribution in [0.25, 0.3) is 22.0 Å². The van der Waals surface area contributed by atoms with Crippen LogP contribution in [0.2, 0.25) is 0 Å². The van der Waals surface area contributed by atoms with Gasteiger partial charge in [0.05, 0.1) is 7.11 Å². The Morgan fingerprint density at radius 2 is 1.77 bits per heavy atom. The van der Waals surface area contributed by atoms with Crippen molar-refractivity contribution in [1.29, 1.82) is 0 Å². The largest absolute Gasteiger partial charge is 0.497 e. The van der Waals surface area contributed by atoms with Crippen LogP contribution in [-0.2, 0) is 0 Å². The Morgan fingerprint density at radius 3 is 2.50 bits per heavy atom. The van der Waals surface area contributed by atoms with Crippen molar-refractivity contribution >= 4 is 10.9 Å². The average Bonchev–Trinajstić information content (AvgIpc) is 3.22. The molecule has 2 heteroatoms. The van der Waals surface area contributed by atoms with E-state index in [1.54, 1.807) is 7.11 Å². The van der Waals surface area contributed by atoms with Gasteiger partial charge in [-0.2, -0.15) is 0 Å². The summed E-state index contributed by atoms with van der Waals surface area (Å²) in [5, 5.41) is 1.29. The standard InChI is InChI=1S/C20H21NO/c1-22-17-11-12-20-18(13-17)19(15-7-3-2-4-8-15)14-21(20)16-9-5-6-10-16/h2-4,7-8,11-14,16H,5-6,9-10H2,1H3. The van der Waals surface area contributed by atoms with E-state index < -0.39 is 0 Å². The maximum absolute atomic E-state index is 5.44. The summed E-state index contributed by atoms with van der Waals surface area (Å²) in [4.78, 5) is 0. The SMILES string of the molecule is COc1ccc2c(c1)c(-c1ccccc1)cn2C1CCCC1. The Morgan fingerprint density at radius 1 is 1.00 bits per heavy atom. The van der Waals surface area contributed by atoms with E-state index in [4.69, 9.17) is 4.74 Å². The highest BCUT2D eigenvalue weighted by atomic mass is 16.5. The molecule has 0 aliphatic heterocycles. The van der Waals surface area contributed by atoms with Crippen molar-refractivity contribution in [3.63, 3.8) is 0 Å². The second-order valence-corrected chi connectivity index (χ2v) is 6.14. The molecule has 2 aromatic carbocycles. The van der Waals surface area contributed by atoms with Gasteiger partial charge in [-0.1, -0.05) is 43.2 Å². The summed E-state index contributed by atoms with van der Waals surface area (Å²) in [5.41, 5.74) is 3.91. The van der Waals surface area contributed by atoms with Crippen LogP contribution < -0.4 is 4.74 Å². The molecule has 1 aromatic heterocycles. The quantitative estimate of drug-likeness (QED) is 0.627. The zero-order valence-corrected chi connectivity index (χ0v) is 13.0. The van der Waals surface area contributed by atoms with E-state index >= 15 is 0 Å². The highest BCUT2D eigenvalue weighted by molar-refractivity contribution is 5.97. The molecule has 1 fully saturated rings. The maximum atomic E-state index is 5.44. The molecule has 1 aliphatic carbocycles. The van der Waals surface area contributed by atoms with E-state index in [0.29, 0.717) is 6.04 Å². The minimum Gasteiger partial charge on any atom is -0.497 e. The van der Waals surface area contributed by atoms with Gasteiger partial charge in [0.25, 0.3) is 0 Å². The number of hydrogen-bond donors (Lipinski definition) is 0. The zero-order valence-electron chi connectivity index (χ0n) is 13.0. The predicted octanol–water partition coefficient (Wildman–Crippen LogP) is 5.43. The number of ether oxygens (including phenoxy) is 1. The molecular formula is C20H21NO. The van der Waals surface area contributed by atoms with Crippen molar-refractivity contribution in [2.45, 2.75) is 31.7 Å². The first-order chi connectivity index (χ1) is 10.9. The lowest BCUT2D eigenvalue weighted by Crippen LogP contribution is -2.02. The fraction of sp³-hybridized carbons (Fsp3) is 0.300. The summed E-state index contributed by atoms with van der Waals surface area (Å²) >= 11 is 0. The highest BCUT2D eigenvalue weighted by Gasteiger charge is 2.20. The molecule has 0 spiro atoms. The van der Waals surface area contributed by atoms with E-state index in [-0.39, 0.29) is 0 Å². The Hall–Kier alpha value is -2.22. The van der Waals surface area contributed by atoms with Crippen molar-refractivity contribution in [3.8, 4) is 16.9 Å². The van der Waals surface area contributed by atoms with Crippen LogP contribution >= 0.6 is 0 Å². The number of aromatic nitrogens is 1. The molecule has 0 saturated heterocycles. The lowest BCUT2D eigenvalue weighted by atomic mass is 10.0. The molecular weight excluding hydrogens is 270 g/mol. The van der Waals surface area contributed by atoms with Crippen LogP contribution in [0.3, 0.4) is 0 Å². The van der Waals surface area contributed by atoms with Gasteiger partial charge < -0.3 is 9.30 Å². The molecule has 22 heavy (non-hydrogen) atoms. The third-order valence-electron chi connectivity index (χ3n) is 4.84. The number of hydrogen-bond acceptors (Lipinski definition) is 1. The zero-order chi connectivity index (χ0) is 14.9. The third-order valence-corrected chi connectivity index (χ3v) is 4.84. The molecule has 2 nitrogen and oxygen atoms in total. The second-order valence-electron chi connectivity index (χ2n) is 6.14. The number of rotatable bonds is 3. The van der Waals surface area contributed by atoms with Crippen molar-refractivity contribution in [3.05, 3.63) is 54.7 Å². The van der Waals surface area contributed by atoms with Crippen LogP contribution in [0.4, 0.5) is 0 Å². The molecule has 1 aliphatic rings. The van der Waals surface area contributed by atoms with Crippen molar-refractivity contribution in [1.82, 2.24) is 4.57 Å². The average molecular weight is 291 g/mol. The van der Waals surface area contributed by atoms with Crippen LogP contribution in [0, 0.1) is 0 Å². The van der Waals surface area contributed by atoms with Crippen molar-refractivity contribution in [2.75, 3.05) is 7.11 Å². The van der Waals surface area contributed by atoms with Gasteiger partial charge in [0.15, 0.2) is 0 Å². The van der Waals surface area contributed by atoms with E-state index in [2.05, 4.69) is 59.3 Å². The number of nitrogens with zero attached hydrogens (tertiary/aromatic N) is 1. The van der Waals surface area contributed by atoms with E-state index in [1.165, 1.54) is 47.7 Å². The van der Waals surface area contributed by atoms with Crippen LogP contribution in [0.15, 0.2) is 54.7 Å². The number of fused-ring (bicyclic) bond motifs is 1. The summed E-state index contributed by atoms with van der Waals surface area (Å²) < 4.78 is 7.93. The van der Waals surface area contributed by atoms with Crippen LogP contribution in [0.5, 0.6) is 5.75 Å². The van der Waals surface area contributed by atoms with Gasteiger partial charge in [-0.3, -0.25) is 0 Å². The maximum Gasteiger partial charge on any atom is 0.119 e. The molecule has 0 N–H and O–H groups in total. The van der Waals surface area contributed by atoms with Gasteiger partial charge in [-0.15, -0.1) is 0 Å². The minimum atomic E-state index is 0.647. The molecule has 0 atom stereocenters. The third kappa shape index (κ3) is 2.19. The first-order valence-electron chi connectivity index (χ1n) is 8.11. The van der Waals surface area contributed by atoms with Crippen molar-refractivity contribution in [2.24, 2.45) is 0 Å². The normalized spacial score (nSPS) is 15.5. The molecule has 0 bridgehead atoms. The second kappa shape index (κ2) is 5.53. The Kier molecular flexibility index (Phi) is 3.38. The topological polar surface area (TPSA) is 14.2 Å². The van der Waals surface area contributed by atoms with E-state index in [0.717, 1.165) is 5.75 Å². The van der Waals surface area contributed by atoms with Gasteiger partial charge in [0.2, 0.25) is 0 Å². The fourth-order valence-electron chi connectivity index (χ4n) is 3.69. The van der Waals surface area contributed by atoms with E-state index in [9.17, 15) is 0 Å². The van der Waals surface area contributed by atoms with Gasteiger partial charge in [-0.25, -0.2) is 0 Å². The summed E-state index contributed by atoms with van der Waals surface area (Å²) in [7, 11) is 1.73. The highest BCUT2D eigenvalue weighted by Crippen LogP contribution is 2.38. The summed E-state index contributed by atoms with van der Waals surface area (Å²) in [6.07, 6.45) is 7.63. The Bertz CT molecular complexity index is 782. The van der Waals surface area contributed by atoms with Gasteiger partial charge in [-0.05, 0) is 36.6 Å². The van der Waals surface area contributed by atoms with E-state index in [1.807, 2.05) is 0 Å². The number of methoxy groups -OCH3 is 1. The first kappa shape index (κ1) is 13.4. The summed E-state index contributed by atoms with van der Waals surface area (Å²) in [5.74, 6) is 0.925. The fourth-order valence-corrected chi connectivity index (χ4v) is 3.69. The predicted molar refractivity (Wildman–Crippen MR) is 91.4 cm³/mol. The minimum absolute atomic E-state index is 0.647. The Labute approximate surface area is 131 Å². The first-order valence-corrected chi connectivity index (χ1v) is 8.11. The lowest BCUT2D eigenvalue weighted by molar-refractivity contribution is 0.415.